The Hall–Kier alpha value is -3.36. The summed E-state index contributed by atoms with van der Waals surface area (Å²) in [5.74, 6) is 0.259. The highest BCUT2D eigenvalue weighted by Crippen LogP contribution is 2.22. The maximum Gasteiger partial charge on any atom is 0.266 e. The Labute approximate surface area is 186 Å². The fourth-order valence-electron chi connectivity index (χ4n) is 2.88. The van der Waals surface area contributed by atoms with E-state index in [4.69, 9.17) is 16.0 Å². The van der Waals surface area contributed by atoms with Gasteiger partial charge in [0, 0.05) is 5.02 Å². The minimum atomic E-state index is -0.332. The van der Waals surface area contributed by atoms with E-state index in [2.05, 4.69) is 15.5 Å². The van der Waals surface area contributed by atoms with Crippen molar-refractivity contribution in [1.82, 2.24) is 15.0 Å². The van der Waals surface area contributed by atoms with Crippen LogP contribution in [0.3, 0.4) is 0 Å². The minimum absolute atomic E-state index is 0.0211. The molecule has 2 aromatic heterocycles. The number of halogens is 1. The standard InChI is InChI=1S/C22H17ClN4O3S/c1-14(19-7-4-12-30-19)25-26-20(28)13-31-22-24-18-6-3-2-5-17(18)21(29)27(22)16-10-8-15(23)9-11-16/h2-12H,13H2,1H3,(H,26,28)/b25-14+. The summed E-state index contributed by atoms with van der Waals surface area (Å²) in [6.45, 7) is 1.73. The van der Waals surface area contributed by atoms with Crippen LogP contribution in [-0.2, 0) is 4.79 Å². The molecule has 0 fully saturated rings. The molecular formula is C22H17ClN4O3S. The zero-order valence-corrected chi connectivity index (χ0v) is 18.0. The van der Waals surface area contributed by atoms with Gasteiger partial charge in [-0.1, -0.05) is 35.5 Å². The van der Waals surface area contributed by atoms with E-state index in [-0.39, 0.29) is 17.2 Å². The molecular weight excluding hydrogens is 436 g/mol. The highest BCUT2D eigenvalue weighted by Gasteiger charge is 2.15. The van der Waals surface area contributed by atoms with Gasteiger partial charge in [-0.05, 0) is 55.5 Å². The van der Waals surface area contributed by atoms with Crippen LogP contribution in [0, 0.1) is 0 Å². The molecule has 0 aliphatic heterocycles. The van der Waals surface area contributed by atoms with Gasteiger partial charge in [0.1, 0.15) is 11.5 Å². The lowest BCUT2D eigenvalue weighted by Gasteiger charge is -2.13. The number of furan rings is 1. The molecule has 0 saturated heterocycles. The zero-order valence-electron chi connectivity index (χ0n) is 16.4. The second kappa shape index (κ2) is 9.20. The maximum absolute atomic E-state index is 13.2. The monoisotopic (exact) mass is 452 g/mol. The van der Waals surface area contributed by atoms with E-state index in [1.165, 1.54) is 10.8 Å². The Balaban J connectivity index is 1.61. The van der Waals surface area contributed by atoms with Gasteiger partial charge < -0.3 is 4.42 Å². The number of nitrogens with one attached hydrogen (secondary N) is 1. The molecule has 7 nitrogen and oxygen atoms in total. The first-order valence-corrected chi connectivity index (χ1v) is 10.7. The Morgan fingerprint density at radius 2 is 1.94 bits per heavy atom. The second-order valence-corrected chi connectivity index (χ2v) is 7.91. The molecule has 0 bridgehead atoms. The number of nitrogens with zero attached hydrogens (tertiary/aromatic N) is 3. The van der Waals surface area contributed by atoms with E-state index < -0.39 is 0 Å². The number of para-hydroxylation sites is 1. The molecule has 2 heterocycles. The Bertz CT molecular complexity index is 1320. The van der Waals surface area contributed by atoms with E-state index in [1.54, 1.807) is 61.5 Å². The molecule has 2 aromatic carbocycles. The summed E-state index contributed by atoms with van der Waals surface area (Å²) in [4.78, 5) is 30.1. The lowest BCUT2D eigenvalue weighted by Crippen LogP contribution is -2.24. The van der Waals surface area contributed by atoms with Crippen molar-refractivity contribution in [2.45, 2.75) is 12.1 Å². The number of thioether (sulfide) groups is 1. The first kappa shape index (κ1) is 20.9. The van der Waals surface area contributed by atoms with Gasteiger partial charge in [0.15, 0.2) is 5.16 Å². The molecule has 4 rings (SSSR count). The summed E-state index contributed by atoms with van der Waals surface area (Å²) >= 11 is 7.14. The van der Waals surface area contributed by atoms with Crippen LogP contribution < -0.4 is 11.0 Å². The average Bonchev–Trinajstić information content (AvgIpc) is 3.32. The fourth-order valence-corrected chi connectivity index (χ4v) is 3.81. The molecule has 0 aliphatic rings. The largest absolute Gasteiger partial charge is 0.463 e. The van der Waals surface area contributed by atoms with Crippen molar-refractivity contribution in [1.29, 1.82) is 0 Å². The molecule has 4 aromatic rings. The molecule has 9 heteroatoms. The van der Waals surface area contributed by atoms with Crippen LogP contribution in [0.1, 0.15) is 12.7 Å². The number of hydrogen-bond acceptors (Lipinski definition) is 6. The van der Waals surface area contributed by atoms with Crippen molar-refractivity contribution >= 4 is 45.9 Å². The SMILES string of the molecule is C/C(=N\NC(=O)CSc1nc2ccccc2c(=O)n1-c1ccc(Cl)cc1)c1ccco1. The number of carbonyl (C=O) groups is 1. The predicted octanol–water partition coefficient (Wildman–Crippen LogP) is 4.26. The summed E-state index contributed by atoms with van der Waals surface area (Å²) in [6.07, 6.45) is 1.54. The van der Waals surface area contributed by atoms with Crippen molar-refractivity contribution in [3.8, 4) is 5.69 Å². The van der Waals surface area contributed by atoms with Crippen molar-refractivity contribution < 1.29 is 9.21 Å². The average molecular weight is 453 g/mol. The molecule has 31 heavy (non-hydrogen) atoms. The normalized spacial score (nSPS) is 11.6. The number of aromatic nitrogens is 2. The Morgan fingerprint density at radius 3 is 2.68 bits per heavy atom. The van der Waals surface area contributed by atoms with Gasteiger partial charge in [0.25, 0.3) is 11.5 Å². The summed E-state index contributed by atoms with van der Waals surface area (Å²) in [5, 5.41) is 5.49. The lowest BCUT2D eigenvalue weighted by molar-refractivity contribution is -0.118. The van der Waals surface area contributed by atoms with E-state index in [9.17, 15) is 9.59 Å². The summed E-state index contributed by atoms with van der Waals surface area (Å²) in [5.41, 5.74) is 4.00. The van der Waals surface area contributed by atoms with Crippen molar-refractivity contribution in [3.05, 3.63) is 88.1 Å². The smallest absolute Gasteiger partial charge is 0.266 e. The fraction of sp³-hybridized carbons (Fsp3) is 0.0909. The van der Waals surface area contributed by atoms with Crippen molar-refractivity contribution in [3.63, 3.8) is 0 Å². The van der Waals surface area contributed by atoms with Gasteiger partial charge in [-0.15, -0.1) is 0 Å². The Morgan fingerprint density at radius 1 is 1.16 bits per heavy atom. The van der Waals surface area contributed by atoms with Crippen LogP contribution in [0.15, 0.2) is 86.4 Å². The van der Waals surface area contributed by atoms with Crippen LogP contribution in [0.25, 0.3) is 16.6 Å². The van der Waals surface area contributed by atoms with Crippen LogP contribution >= 0.6 is 23.4 Å². The number of hydrazone groups is 1. The first-order chi connectivity index (χ1) is 15.0. The third kappa shape index (κ3) is 4.70. The van der Waals surface area contributed by atoms with Crippen molar-refractivity contribution in [2.75, 3.05) is 5.75 Å². The Kier molecular flexibility index (Phi) is 6.20. The van der Waals surface area contributed by atoms with E-state index >= 15 is 0 Å². The number of carbonyl (C=O) groups excluding carboxylic acids is 1. The molecule has 156 valence electrons. The first-order valence-electron chi connectivity index (χ1n) is 9.30. The van der Waals surface area contributed by atoms with Crippen LogP contribution in [0.5, 0.6) is 0 Å². The van der Waals surface area contributed by atoms with E-state index in [0.29, 0.717) is 38.2 Å². The predicted molar refractivity (Wildman–Crippen MR) is 122 cm³/mol. The molecule has 1 amide bonds. The van der Waals surface area contributed by atoms with Gasteiger partial charge in [0.05, 0.1) is 28.6 Å². The van der Waals surface area contributed by atoms with Gasteiger partial charge >= 0.3 is 0 Å². The lowest BCUT2D eigenvalue weighted by atomic mass is 10.2. The number of rotatable bonds is 6. The number of hydrogen-bond donors (Lipinski definition) is 1. The third-order valence-corrected chi connectivity index (χ3v) is 5.58. The van der Waals surface area contributed by atoms with Crippen molar-refractivity contribution in [2.24, 2.45) is 5.10 Å². The summed E-state index contributed by atoms with van der Waals surface area (Å²) in [7, 11) is 0. The second-order valence-electron chi connectivity index (χ2n) is 6.53. The molecule has 0 aliphatic carbocycles. The molecule has 0 spiro atoms. The molecule has 0 unspecified atom stereocenters. The topological polar surface area (TPSA) is 89.5 Å². The molecule has 0 saturated carbocycles. The third-order valence-electron chi connectivity index (χ3n) is 4.39. The van der Waals surface area contributed by atoms with E-state index in [1.807, 2.05) is 6.07 Å². The van der Waals surface area contributed by atoms with Gasteiger partial charge in [-0.25, -0.2) is 10.4 Å². The highest BCUT2D eigenvalue weighted by molar-refractivity contribution is 7.99. The van der Waals surface area contributed by atoms with Gasteiger partial charge in [-0.2, -0.15) is 5.10 Å². The summed E-state index contributed by atoms with van der Waals surface area (Å²) < 4.78 is 6.72. The number of fused-ring (bicyclic) bond motifs is 1. The quantitative estimate of drug-likeness (QED) is 0.204. The number of benzene rings is 2. The molecule has 1 N–H and O–H groups in total. The highest BCUT2D eigenvalue weighted by atomic mass is 35.5. The van der Waals surface area contributed by atoms with Gasteiger partial charge in [0.2, 0.25) is 0 Å². The van der Waals surface area contributed by atoms with Crippen LogP contribution in [-0.4, -0.2) is 26.9 Å². The minimum Gasteiger partial charge on any atom is -0.463 e. The van der Waals surface area contributed by atoms with Gasteiger partial charge in [-0.3, -0.25) is 14.2 Å². The maximum atomic E-state index is 13.2. The summed E-state index contributed by atoms with van der Waals surface area (Å²) in [6, 6.07) is 17.5. The zero-order chi connectivity index (χ0) is 21.8. The van der Waals surface area contributed by atoms with E-state index in [0.717, 1.165) is 11.8 Å². The van der Waals surface area contributed by atoms with Crippen LogP contribution in [0.2, 0.25) is 5.02 Å². The van der Waals surface area contributed by atoms with Crippen LogP contribution in [0.4, 0.5) is 0 Å². The molecule has 0 atom stereocenters. The molecule has 0 radical (unpaired) electrons. The number of amides is 1.